The van der Waals surface area contributed by atoms with Crippen LogP contribution >= 0.6 is 0 Å². The van der Waals surface area contributed by atoms with Gasteiger partial charge >= 0.3 is 21.4 Å². The number of aromatic nitrogens is 3. The molecule has 0 aliphatic rings. The number of hydrogen-bond donors (Lipinski definition) is 5. The fourth-order valence-corrected chi connectivity index (χ4v) is 12.5. The minimum absolute atomic E-state index is 0.361. The van der Waals surface area contributed by atoms with Gasteiger partial charge in [0.05, 0.1) is 33.1 Å². The maximum absolute atomic E-state index is 12.5. The Morgan fingerprint density at radius 2 is 0.833 bits per heavy atom. The molecule has 15 rings (SSSR count). The zero-order valence-electron chi connectivity index (χ0n) is 41.7. The highest BCUT2D eigenvalue weighted by atomic mass is 16.5. The first-order valence-electron chi connectivity index (χ1n) is 26.0. The second-order valence-electron chi connectivity index (χ2n) is 20.1. The predicted molar refractivity (Wildman–Crippen MR) is 322 cm³/mol. The Morgan fingerprint density at radius 3 is 1.59 bits per heavy atom. The normalized spacial score (nSPS) is 11.9. The zero-order chi connectivity index (χ0) is 52.3. The van der Waals surface area contributed by atoms with Crippen molar-refractivity contribution < 1.29 is 29.8 Å². The van der Waals surface area contributed by atoms with Crippen LogP contribution in [0.5, 0.6) is 5.75 Å². The van der Waals surface area contributed by atoms with Gasteiger partial charge in [-0.2, -0.15) is 0 Å². The van der Waals surface area contributed by atoms with Gasteiger partial charge in [0.1, 0.15) is 5.75 Å². The fraction of sp³-hybridized carbons (Fsp3) is 0. The highest BCUT2D eigenvalue weighted by molar-refractivity contribution is 6.62. The molecule has 0 amide bonds. The van der Waals surface area contributed by atoms with Crippen molar-refractivity contribution in [3.8, 4) is 33.9 Å². The lowest BCUT2D eigenvalue weighted by Gasteiger charge is -2.17. The molecule has 12 aromatic carbocycles. The number of nitrogens with zero attached hydrogens (tertiary/aromatic N) is 3. The molecule has 0 radical (unpaired) electrons. The van der Waals surface area contributed by atoms with Crippen molar-refractivity contribution in [1.29, 1.82) is 0 Å². The standard InChI is InChI=1S/C66H44B3N3O6/c73-67(74)52-22-6-10-26-57(52)71-56-35-32-43(38-50(56)51-37-41-16-1-2-17-42(41)39-62(51)71)44-20-13-21-47-46(44)34-36-61-64(47)48-19-5-9-25-55(48)70(61)59-28-12-8-24-54(59)69(77)78-63-30-14-29-60-65(63)49-33-31-40-15-3-4-18-45(40)66(49)72(60)58-27-11-7-23-53(58)68(75)76/h1-39,73-77H. The lowest BCUT2D eigenvalue weighted by atomic mass is 9.78. The molecule has 78 heavy (non-hydrogen) atoms. The Hall–Kier alpha value is -9.39. The highest BCUT2D eigenvalue weighted by Crippen LogP contribution is 2.44. The van der Waals surface area contributed by atoms with Gasteiger partial charge in [-0.05, 0) is 105 Å². The molecular formula is C66H44B3N3O6. The number of fused-ring (bicyclic) bond motifs is 14. The molecule has 5 N–H and O–H groups in total. The minimum Gasteiger partial charge on any atom is -0.532 e. The van der Waals surface area contributed by atoms with E-state index in [4.69, 9.17) is 4.65 Å². The lowest BCUT2D eigenvalue weighted by molar-refractivity contribution is 0.424. The van der Waals surface area contributed by atoms with E-state index in [9.17, 15) is 25.1 Å². The van der Waals surface area contributed by atoms with Gasteiger partial charge in [-0.15, -0.1) is 0 Å². The summed E-state index contributed by atoms with van der Waals surface area (Å²) in [4.78, 5) is 0. The van der Waals surface area contributed by atoms with Crippen LogP contribution < -0.4 is 21.0 Å². The molecule has 15 aromatic rings. The SMILES string of the molecule is OB(O)c1ccccc1-n1c2ccc(-c3cccc4c3ccc3c4c4ccccc4n3-c3ccccc3B(O)Oc3cccc4c3c3ccc5ccccc5c3n4-c3ccccc3B(O)O)cc2c2cc3ccccc3cc21. The summed E-state index contributed by atoms with van der Waals surface area (Å²) < 4.78 is 13.2. The molecule has 0 unspecified atom stereocenters. The van der Waals surface area contributed by atoms with Crippen LogP contribution in [0.15, 0.2) is 237 Å². The number of hydrogen-bond acceptors (Lipinski definition) is 6. The van der Waals surface area contributed by atoms with Crippen LogP contribution in [-0.2, 0) is 0 Å². The fourth-order valence-electron chi connectivity index (χ4n) is 12.5. The molecule has 0 bridgehead atoms. The molecule has 0 saturated heterocycles. The number of benzene rings is 12. The van der Waals surface area contributed by atoms with Gasteiger partial charge in [0.25, 0.3) is 0 Å². The molecule has 0 fully saturated rings. The maximum atomic E-state index is 12.5. The third kappa shape index (κ3) is 6.92. The summed E-state index contributed by atoms with van der Waals surface area (Å²) in [5.41, 5.74) is 11.1. The van der Waals surface area contributed by atoms with E-state index >= 15 is 0 Å². The first-order chi connectivity index (χ1) is 38.3. The summed E-state index contributed by atoms with van der Waals surface area (Å²) in [6.07, 6.45) is 0. The molecule has 368 valence electrons. The van der Waals surface area contributed by atoms with Gasteiger partial charge < -0.3 is 43.5 Å². The predicted octanol–water partition coefficient (Wildman–Crippen LogP) is 11.2. The largest absolute Gasteiger partial charge is 0.562 e. The average molecular weight is 1010 g/mol. The molecule has 0 spiro atoms. The minimum atomic E-state index is -1.71. The molecule has 3 heterocycles. The molecule has 9 nitrogen and oxygen atoms in total. The van der Waals surface area contributed by atoms with Gasteiger partial charge in [-0.25, -0.2) is 0 Å². The summed E-state index contributed by atoms with van der Waals surface area (Å²) in [5, 5.41) is 67.2. The van der Waals surface area contributed by atoms with Crippen molar-refractivity contribution in [2.75, 3.05) is 0 Å². The third-order valence-corrected chi connectivity index (χ3v) is 15.9. The Morgan fingerprint density at radius 1 is 0.308 bits per heavy atom. The Bertz CT molecular complexity index is 4970. The molecule has 0 aliphatic heterocycles. The van der Waals surface area contributed by atoms with E-state index in [1.165, 1.54) is 0 Å². The Balaban J connectivity index is 0.878. The van der Waals surface area contributed by atoms with E-state index in [1.807, 2.05) is 97.1 Å². The van der Waals surface area contributed by atoms with Crippen molar-refractivity contribution in [3.63, 3.8) is 0 Å². The summed E-state index contributed by atoms with van der Waals surface area (Å²) >= 11 is 0. The molecule has 0 saturated carbocycles. The van der Waals surface area contributed by atoms with Crippen molar-refractivity contribution >= 4 is 135 Å². The van der Waals surface area contributed by atoms with E-state index in [0.29, 0.717) is 33.5 Å². The Labute approximate surface area is 447 Å². The average Bonchev–Trinajstić information content (AvgIpc) is 4.12. The first kappa shape index (κ1) is 46.0. The van der Waals surface area contributed by atoms with Crippen LogP contribution in [0, 0.1) is 0 Å². The second-order valence-corrected chi connectivity index (χ2v) is 20.1. The summed E-state index contributed by atoms with van der Waals surface area (Å²) in [6.45, 7) is 0. The van der Waals surface area contributed by atoms with Gasteiger partial charge in [-0.1, -0.05) is 170 Å². The van der Waals surface area contributed by atoms with Crippen LogP contribution in [-0.4, -0.2) is 60.2 Å². The van der Waals surface area contributed by atoms with Crippen molar-refractivity contribution in [3.05, 3.63) is 237 Å². The van der Waals surface area contributed by atoms with Gasteiger partial charge in [0, 0.05) is 71.2 Å². The van der Waals surface area contributed by atoms with Crippen LogP contribution in [0.2, 0.25) is 0 Å². The summed E-state index contributed by atoms with van der Waals surface area (Å²) in [6, 6.07) is 79.3. The smallest absolute Gasteiger partial charge is 0.532 e. The van der Waals surface area contributed by atoms with E-state index in [-0.39, 0.29) is 0 Å². The zero-order valence-corrected chi connectivity index (χ0v) is 41.7. The quantitative estimate of drug-likeness (QED) is 0.0918. The van der Waals surface area contributed by atoms with E-state index in [1.54, 1.807) is 18.2 Å². The topological polar surface area (TPSA) is 125 Å². The maximum Gasteiger partial charge on any atom is 0.562 e. The Kier molecular flexibility index (Phi) is 10.5. The van der Waals surface area contributed by atoms with E-state index in [2.05, 4.69) is 135 Å². The molecule has 0 atom stereocenters. The number of para-hydroxylation sites is 4. The molecule has 12 heteroatoms. The van der Waals surface area contributed by atoms with Gasteiger partial charge in [0.2, 0.25) is 0 Å². The third-order valence-electron chi connectivity index (χ3n) is 15.9. The monoisotopic (exact) mass is 1010 g/mol. The molecule has 0 aliphatic carbocycles. The van der Waals surface area contributed by atoms with Crippen LogP contribution in [0.4, 0.5) is 0 Å². The van der Waals surface area contributed by atoms with Crippen molar-refractivity contribution in [2.45, 2.75) is 0 Å². The van der Waals surface area contributed by atoms with E-state index < -0.39 is 21.4 Å². The summed E-state index contributed by atoms with van der Waals surface area (Å²) in [7, 11) is -4.76. The first-order valence-corrected chi connectivity index (χ1v) is 26.0. The second kappa shape index (κ2) is 17.9. The molecule has 3 aromatic heterocycles. The van der Waals surface area contributed by atoms with Crippen LogP contribution in [0.25, 0.3) is 126 Å². The summed E-state index contributed by atoms with van der Waals surface area (Å²) in [5.74, 6) is 0.474. The number of rotatable bonds is 9. The van der Waals surface area contributed by atoms with Crippen molar-refractivity contribution in [1.82, 2.24) is 13.7 Å². The van der Waals surface area contributed by atoms with Crippen LogP contribution in [0.3, 0.4) is 0 Å². The molecular weight excluding hydrogens is 963 g/mol. The van der Waals surface area contributed by atoms with Crippen molar-refractivity contribution in [2.24, 2.45) is 0 Å². The van der Waals surface area contributed by atoms with Gasteiger partial charge in [-0.3, -0.25) is 0 Å². The highest BCUT2D eigenvalue weighted by Gasteiger charge is 2.29. The lowest BCUT2D eigenvalue weighted by Crippen LogP contribution is -2.39. The van der Waals surface area contributed by atoms with Crippen LogP contribution in [0.1, 0.15) is 0 Å². The van der Waals surface area contributed by atoms with E-state index in [0.717, 1.165) is 115 Å². The van der Waals surface area contributed by atoms with Gasteiger partial charge in [0.15, 0.2) is 0 Å².